The molecule has 1 aromatic carbocycles. The van der Waals surface area contributed by atoms with E-state index in [1.807, 2.05) is 0 Å². The maximum atomic E-state index is 12.6. The molecule has 1 aromatic rings. The molecule has 0 spiro atoms. The highest BCUT2D eigenvalue weighted by Gasteiger charge is 2.49. The van der Waals surface area contributed by atoms with E-state index in [-0.39, 0.29) is 23.2 Å². The SMILES string of the molecule is CC[N+]1(CC2CCCCC2)C=C2SC(NC(=O)Nc3ccc(Cl)cc3)C(C(N)=O)C2CC1. The normalized spacial score (nSPS) is 30.3. The minimum Gasteiger partial charge on any atom is -0.369 e. The fourth-order valence-electron chi connectivity index (χ4n) is 5.58. The van der Waals surface area contributed by atoms with Crippen LogP contribution in [0.25, 0.3) is 0 Å². The number of anilines is 1. The molecule has 8 heteroatoms. The summed E-state index contributed by atoms with van der Waals surface area (Å²) >= 11 is 7.52. The van der Waals surface area contributed by atoms with Gasteiger partial charge < -0.3 is 16.4 Å². The van der Waals surface area contributed by atoms with Crippen molar-refractivity contribution in [3.05, 3.63) is 40.4 Å². The number of urea groups is 1. The third-order valence-corrected chi connectivity index (χ3v) is 8.95. The average Bonchev–Trinajstić information content (AvgIpc) is 3.12. The fourth-order valence-corrected chi connectivity index (χ4v) is 7.36. The van der Waals surface area contributed by atoms with Crippen molar-refractivity contribution in [1.29, 1.82) is 0 Å². The van der Waals surface area contributed by atoms with Crippen molar-refractivity contribution in [2.45, 2.75) is 50.8 Å². The third kappa shape index (κ3) is 5.26. The molecule has 3 amide bonds. The smallest absolute Gasteiger partial charge is 0.320 e. The van der Waals surface area contributed by atoms with Gasteiger partial charge in [-0.15, -0.1) is 0 Å². The molecule has 0 bridgehead atoms. The number of hydrogen-bond donors (Lipinski definition) is 3. The van der Waals surface area contributed by atoms with Gasteiger partial charge in [-0.1, -0.05) is 42.6 Å². The van der Waals surface area contributed by atoms with Crippen molar-refractivity contribution in [3.8, 4) is 0 Å². The molecule has 32 heavy (non-hydrogen) atoms. The lowest BCUT2D eigenvalue weighted by Gasteiger charge is -2.42. The van der Waals surface area contributed by atoms with Crippen molar-refractivity contribution in [3.63, 3.8) is 0 Å². The lowest BCUT2D eigenvalue weighted by Crippen LogP contribution is -2.51. The number of nitrogens with two attached hydrogens (primary N) is 1. The number of benzene rings is 1. The summed E-state index contributed by atoms with van der Waals surface area (Å²) in [6.07, 6.45) is 10.1. The summed E-state index contributed by atoms with van der Waals surface area (Å²) in [6.45, 7) is 5.54. The van der Waals surface area contributed by atoms with Crippen LogP contribution < -0.4 is 16.4 Å². The van der Waals surface area contributed by atoms with Crippen LogP contribution in [-0.2, 0) is 4.79 Å². The second-order valence-corrected chi connectivity index (χ2v) is 11.1. The Morgan fingerprint density at radius 3 is 2.53 bits per heavy atom. The fraction of sp³-hybridized carbons (Fsp3) is 0.583. The Morgan fingerprint density at radius 2 is 1.88 bits per heavy atom. The number of carbonyl (C=O) groups excluding carboxylic acids is 2. The summed E-state index contributed by atoms with van der Waals surface area (Å²) in [7, 11) is 0. The quantitative estimate of drug-likeness (QED) is 0.508. The van der Waals surface area contributed by atoms with Gasteiger partial charge in [-0.05, 0) is 44.0 Å². The lowest BCUT2D eigenvalue weighted by molar-refractivity contribution is -0.884. The van der Waals surface area contributed by atoms with Gasteiger partial charge >= 0.3 is 6.03 Å². The number of nitrogens with zero attached hydrogens (tertiary/aromatic N) is 1. The zero-order valence-corrected chi connectivity index (χ0v) is 20.3. The van der Waals surface area contributed by atoms with E-state index in [0.29, 0.717) is 10.7 Å². The molecule has 2 heterocycles. The minimum absolute atomic E-state index is 0.0995. The molecule has 4 rings (SSSR count). The highest BCUT2D eigenvalue weighted by Crippen LogP contribution is 2.50. The topological polar surface area (TPSA) is 84.2 Å². The Kier molecular flexibility index (Phi) is 7.37. The number of quaternary nitrogens is 1. The molecule has 4 atom stereocenters. The van der Waals surface area contributed by atoms with Crippen LogP contribution in [-0.4, -0.2) is 41.4 Å². The van der Waals surface area contributed by atoms with Crippen LogP contribution in [0, 0.1) is 17.8 Å². The van der Waals surface area contributed by atoms with Gasteiger partial charge in [0.25, 0.3) is 0 Å². The second-order valence-electron chi connectivity index (χ2n) is 9.44. The average molecular weight is 478 g/mol. The number of thioether (sulfide) groups is 1. The zero-order chi connectivity index (χ0) is 22.7. The molecule has 174 valence electrons. The van der Waals surface area contributed by atoms with Crippen molar-refractivity contribution in [2.75, 3.05) is 25.0 Å². The predicted octanol–water partition coefficient (Wildman–Crippen LogP) is 4.91. The number of rotatable bonds is 6. The first kappa shape index (κ1) is 23.5. The molecule has 0 radical (unpaired) electrons. The van der Waals surface area contributed by atoms with Crippen LogP contribution in [0.4, 0.5) is 10.5 Å². The van der Waals surface area contributed by atoms with Crippen molar-refractivity contribution in [2.24, 2.45) is 23.5 Å². The molecule has 2 aliphatic heterocycles. The second kappa shape index (κ2) is 10.1. The standard InChI is InChI=1S/C24H33ClN4O2S/c1-2-29(14-16-6-4-3-5-7-16)13-12-19-20(15-29)32-23(21(19)22(26)30)28-24(31)27-18-10-8-17(25)9-11-18/h8-11,15-16,19,21,23H,2-7,12-14H2,1H3,(H3-,26,27,28,30,31)/p+1. The van der Waals surface area contributed by atoms with Crippen molar-refractivity contribution >= 4 is 41.0 Å². The Labute approximate surface area is 199 Å². The number of nitrogens with one attached hydrogen (secondary N) is 2. The molecule has 1 saturated heterocycles. The van der Waals surface area contributed by atoms with Gasteiger partial charge in [0.15, 0.2) is 0 Å². The number of carbonyl (C=O) groups is 2. The lowest BCUT2D eigenvalue weighted by atomic mass is 9.84. The first-order chi connectivity index (χ1) is 15.4. The van der Waals surface area contributed by atoms with Crippen LogP contribution >= 0.6 is 23.4 Å². The van der Waals surface area contributed by atoms with E-state index < -0.39 is 5.92 Å². The molecule has 4 unspecified atom stereocenters. The summed E-state index contributed by atoms with van der Waals surface area (Å²) in [5.41, 5.74) is 6.47. The highest BCUT2D eigenvalue weighted by atomic mass is 35.5. The molecule has 1 aliphatic carbocycles. The Bertz CT molecular complexity index is 871. The van der Waals surface area contributed by atoms with Crippen LogP contribution in [0.2, 0.25) is 5.02 Å². The Hall–Kier alpha value is -1.70. The maximum absolute atomic E-state index is 12.6. The molecule has 4 N–H and O–H groups in total. The monoisotopic (exact) mass is 477 g/mol. The predicted molar refractivity (Wildman–Crippen MR) is 131 cm³/mol. The summed E-state index contributed by atoms with van der Waals surface area (Å²) in [5.74, 6) is 0.152. The van der Waals surface area contributed by atoms with Gasteiger partial charge in [-0.25, -0.2) is 4.79 Å². The Balaban J connectivity index is 1.47. The van der Waals surface area contributed by atoms with E-state index in [2.05, 4.69) is 23.8 Å². The molecule has 3 aliphatic rings. The summed E-state index contributed by atoms with van der Waals surface area (Å²) in [4.78, 5) is 26.2. The third-order valence-electron chi connectivity index (χ3n) is 7.36. The molecule has 1 saturated carbocycles. The summed E-state index contributed by atoms with van der Waals surface area (Å²) in [5, 5.41) is 6.06. The van der Waals surface area contributed by atoms with Gasteiger partial charge in [0.05, 0.1) is 30.9 Å². The molecular weight excluding hydrogens is 444 g/mol. The number of allylic oxidation sites excluding steroid dienone is 1. The van der Waals surface area contributed by atoms with Gasteiger partial charge in [-0.2, -0.15) is 0 Å². The number of halogens is 1. The largest absolute Gasteiger partial charge is 0.369 e. The van der Waals surface area contributed by atoms with Crippen LogP contribution in [0.1, 0.15) is 45.4 Å². The van der Waals surface area contributed by atoms with E-state index in [4.69, 9.17) is 17.3 Å². The van der Waals surface area contributed by atoms with Crippen molar-refractivity contribution in [1.82, 2.24) is 5.32 Å². The van der Waals surface area contributed by atoms with Crippen LogP contribution in [0.3, 0.4) is 0 Å². The van der Waals surface area contributed by atoms with E-state index in [0.717, 1.165) is 29.9 Å². The minimum atomic E-state index is -0.393. The van der Waals surface area contributed by atoms with Gasteiger partial charge in [-0.3, -0.25) is 9.28 Å². The summed E-state index contributed by atoms with van der Waals surface area (Å²) in [6, 6.07) is 6.60. The number of primary amides is 1. The zero-order valence-electron chi connectivity index (χ0n) is 18.7. The number of fused-ring (bicyclic) bond motifs is 1. The van der Waals surface area contributed by atoms with Gasteiger partial charge in [0.1, 0.15) is 6.20 Å². The summed E-state index contributed by atoms with van der Waals surface area (Å²) < 4.78 is 0.985. The molecular formula is C24H34ClN4O2S+. The molecule has 2 fully saturated rings. The maximum Gasteiger partial charge on any atom is 0.320 e. The molecule has 0 aromatic heterocycles. The van der Waals surface area contributed by atoms with Gasteiger partial charge in [0, 0.05) is 33.9 Å². The van der Waals surface area contributed by atoms with E-state index in [9.17, 15) is 9.59 Å². The number of amides is 3. The first-order valence-electron chi connectivity index (χ1n) is 11.8. The van der Waals surface area contributed by atoms with Gasteiger partial charge in [0.2, 0.25) is 5.91 Å². The number of hydrogen-bond acceptors (Lipinski definition) is 3. The van der Waals surface area contributed by atoms with Crippen molar-refractivity contribution < 1.29 is 14.1 Å². The van der Waals surface area contributed by atoms with E-state index in [1.165, 1.54) is 43.6 Å². The van der Waals surface area contributed by atoms with E-state index in [1.54, 1.807) is 36.0 Å². The van der Waals surface area contributed by atoms with Crippen LogP contribution in [0.5, 0.6) is 0 Å². The van der Waals surface area contributed by atoms with E-state index >= 15 is 0 Å². The Morgan fingerprint density at radius 1 is 1.16 bits per heavy atom. The van der Waals surface area contributed by atoms with Crippen LogP contribution in [0.15, 0.2) is 35.4 Å². The highest BCUT2D eigenvalue weighted by molar-refractivity contribution is 8.04. The first-order valence-corrected chi connectivity index (χ1v) is 13.0. The molecule has 6 nitrogen and oxygen atoms in total.